The molecule has 0 saturated carbocycles. The van der Waals surface area contributed by atoms with Crippen molar-refractivity contribution in [2.45, 2.75) is 39.3 Å². The van der Waals surface area contributed by atoms with Gasteiger partial charge in [-0.25, -0.2) is 4.79 Å². The molecule has 0 fully saturated rings. The van der Waals surface area contributed by atoms with Crippen molar-refractivity contribution in [2.75, 3.05) is 7.11 Å². The van der Waals surface area contributed by atoms with E-state index in [2.05, 4.69) is 10.1 Å². The normalized spacial score (nSPS) is 17.3. The fraction of sp³-hybridized carbons (Fsp3) is 0.889. The number of amides is 1. The second kappa shape index (κ2) is 5.80. The number of methoxy groups -OCH3 is 1. The smallest absolute Gasteiger partial charge is 0.407 e. The molecule has 1 amide bonds. The number of hydrogen-bond donors (Lipinski definition) is 2. The van der Waals surface area contributed by atoms with E-state index in [0.29, 0.717) is 0 Å². The van der Waals surface area contributed by atoms with E-state index >= 15 is 0 Å². The molecule has 4 nitrogen and oxygen atoms in total. The molecule has 0 radical (unpaired) electrons. The second-order valence-corrected chi connectivity index (χ2v) is 3.29. The van der Waals surface area contributed by atoms with E-state index < -0.39 is 12.2 Å². The Morgan fingerprint density at radius 1 is 1.54 bits per heavy atom. The van der Waals surface area contributed by atoms with E-state index in [1.165, 1.54) is 7.11 Å². The van der Waals surface area contributed by atoms with Gasteiger partial charge >= 0.3 is 6.09 Å². The molecule has 0 aliphatic heterocycles. The van der Waals surface area contributed by atoms with Crippen LogP contribution in [0.15, 0.2) is 0 Å². The van der Waals surface area contributed by atoms with Crippen molar-refractivity contribution in [1.29, 1.82) is 0 Å². The SMILES string of the molecule is CCC(C)C(NC(=O)OC)C(C)O. The molecule has 0 aromatic heterocycles. The van der Waals surface area contributed by atoms with Gasteiger partial charge in [0, 0.05) is 0 Å². The third-order valence-corrected chi connectivity index (χ3v) is 2.25. The van der Waals surface area contributed by atoms with Crippen LogP contribution in [0.2, 0.25) is 0 Å². The summed E-state index contributed by atoms with van der Waals surface area (Å²) in [6.07, 6.45) is -0.153. The van der Waals surface area contributed by atoms with E-state index in [1.54, 1.807) is 6.92 Å². The predicted molar refractivity (Wildman–Crippen MR) is 50.5 cm³/mol. The van der Waals surface area contributed by atoms with E-state index in [0.717, 1.165) is 6.42 Å². The van der Waals surface area contributed by atoms with Gasteiger partial charge in [0.25, 0.3) is 0 Å². The predicted octanol–water partition coefficient (Wildman–Crippen LogP) is 1.14. The van der Waals surface area contributed by atoms with Crippen molar-refractivity contribution in [3.8, 4) is 0 Å². The van der Waals surface area contributed by atoms with Gasteiger partial charge in [-0.1, -0.05) is 20.3 Å². The van der Waals surface area contributed by atoms with Crippen molar-refractivity contribution in [1.82, 2.24) is 5.32 Å². The highest BCUT2D eigenvalue weighted by Gasteiger charge is 2.22. The largest absolute Gasteiger partial charge is 0.453 e. The summed E-state index contributed by atoms with van der Waals surface area (Å²) >= 11 is 0. The topological polar surface area (TPSA) is 58.6 Å². The Balaban J connectivity index is 4.17. The first-order valence-electron chi connectivity index (χ1n) is 4.55. The first-order valence-corrected chi connectivity index (χ1v) is 4.55. The number of alkyl carbamates (subject to hydrolysis) is 1. The summed E-state index contributed by atoms with van der Waals surface area (Å²) in [5, 5.41) is 12.0. The minimum absolute atomic E-state index is 0.235. The molecule has 0 spiro atoms. The highest BCUT2D eigenvalue weighted by molar-refractivity contribution is 5.67. The maximum Gasteiger partial charge on any atom is 0.407 e. The molecule has 0 aromatic rings. The van der Waals surface area contributed by atoms with Gasteiger partial charge in [-0.05, 0) is 12.8 Å². The lowest BCUT2D eigenvalue weighted by Crippen LogP contribution is -2.46. The number of carbonyl (C=O) groups excluding carboxylic acids is 1. The lowest BCUT2D eigenvalue weighted by Gasteiger charge is -2.25. The molecular weight excluding hydrogens is 170 g/mol. The van der Waals surface area contributed by atoms with Crippen LogP contribution in [0.4, 0.5) is 4.79 Å². The fourth-order valence-electron chi connectivity index (χ4n) is 1.19. The molecule has 4 heteroatoms. The van der Waals surface area contributed by atoms with Crippen LogP contribution in [0.5, 0.6) is 0 Å². The molecule has 0 aliphatic carbocycles. The minimum atomic E-state index is -0.561. The van der Waals surface area contributed by atoms with Crippen molar-refractivity contribution in [3.05, 3.63) is 0 Å². The molecule has 3 unspecified atom stereocenters. The zero-order chi connectivity index (χ0) is 10.4. The molecule has 0 aromatic carbocycles. The standard InChI is InChI=1S/C9H19NO3/c1-5-6(2)8(7(3)11)10-9(12)13-4/h6-8,11H,5H2,1-4H3,(H,10,12). The molecule has 0 bridgehead atoms. The minimum Gasteiger partial charge on any atom is -0.453 e. The Bertz CT molecular complexity index is 159. The summed E-state index contributed by atoms with van der Waals surface area (Å²) in [5.41, 5.74) is 0. The van der Waals surface area contributed by atoms with Gasteiger partial charge in [0.05, 0.1) is 19.3 Å². The van der Waals surface area contributed by atoms with Crippen LogP contribution in [-0.2, 0) is 4.74 Å². The van der Waals surface area contributed by atoms with Gasteiger partial charge < -0.3 is 15.2 Å². The van der Waals surface area contributed by atoms with Gasteiger partial charge in [0.15, 0.2) is 0 Å². The average Bonchev–Trinajstić information content (AvgIpc) is 2.11. The Hall–Kier alpha value is -0.770. The Labute approximate surface area is 79.3 Å². The van der Waals surface area contributed by atoms with E-state index in [4.69, 9.17) is 0 Å². The summed E-state index contributed by atoms with van der Waals surface area (Å²) in [6, 6.07) is -0.238. The van der Waals surface area contributed by atoms with Crippen LogP contribution in [0.1, 0.15) is 27.2 Å². The van der Waals surface area contributed by atoms with E-state index in [-0.39, 0.29) is 12.0 Å². The highest BCUT2D eigenvalue weighted by atomic mass is 16.5. The van der Waals surface area contributed by atoms with Gasteiger partial charge in [0.1, 0.15) is 0 Å². The van der Waals surface area contributed by atoms with Crippen LogP contribution in [-0.4, -0.2) is 30.5 Å². The fourth-order valence-corrected chi connectivity index (χ4v) is 1.19. The van der Waals surface area contributed by atoms with Gasteiger partial charge in [0.2, 0.25) is 0 Å². The zero-order valence-electron chi connectivity index (χ0n) is 8.70. The number of aliphatic hydroxyl groups is 1. The van der Waals surface area contributed by atoms with Crippen molar-refractivity contribution >= 4 is 6.09 Å². The van der Waals surface area contributed by atoms with Crippen molar-refractivity contribution < 1.29 is 14.6 Å². The summed E-state index contributed by atoms with van der Waals surface area (Å²) in [7, 11) is 1.31. The number of ether oxygens (including phenoxy) is 1. The van der Waals surface area contributed by atoms with Crippen LogP contribution >= 0.6 is 0 Å². The third-order valence-electron chi connectivity index (χ3n) is 2.25. The lowest BCUT2D eigenvalue weighted by molar-refractivity contribution is 0.103. The quantitative estimate of drug-likeness (QED) is 0.697. The first kappa shape index (κ1) is 12.2. The Kier molecular flexibility index (Phi) is 5.46. The molecule has 3 atom stereocenters. The zero-order valence-corrected chi connectivity index (χ0v) is 8.70. The summed E-state index contributed by atoms with van der Waals surface area (Å²) in [4.78, 5) is 10.9. The maximum atomic E-state index is 10.9. The van der Waals surface area contributed by atoms with E-state index in [1.807, 2.05) is 13.8 Å². The third kappa shape index (κ3) is 4.12. The molecule has 0 aliphatic rings. The van der Waals surface area contributed by atoms with Crippen molar-refractivity contribution in [3.63, 3.8) is 0 Å². The number of aliphatic hydroxyl groups excluding tert-OH is 1. The van der Waals surface area contributed by atoms with Gasteiger partial charge in [-0.3, -0.25) is 0 Å². The average molecular weight is 189 g/mol. The first-order chi connectivity index (χ1) is 6.02. The van der Waals surface area contributed by atoms with E-state index in [9.17, 15) is 9.90 Å². The Morgan fingerprint density at radius 2 is 2.08 bits per heavy atom. The van der Waals surface area contributed by atoms with Gasteiger partial charge in [-0.15, -0.1) is 0 Å². The molecule has 78 valence electrons. The van der Waals surface area contributed by atoms with Crippen LogP contribution < -0.4 is 5.32 Å². The van der Waals surface area contributed by atoms with Crippen molar-refractivity contribution in [2.24, 2.45) is 5.92 Å². The number of rotatable bonds is 4. The summed E-state index contributed by atoms with van der Waals surface area (Å²) in [5.74, 6) is 0.235. The highest BCUT2D eigenvalue weighted by Crippen LogP contribution is 2.11. The lowest BCUT2D eigenvalue weighted by atomic mass is 9.95. The molecule has 0 saturated heterocycles. The maximum absolute atomic E-state index is 10.9. The monoisotopic (exact) mass is 189 g/mol. The number of hydrogen-bond acceptors (Lipinski definition) is 3. The van der Waals surface area contributed by atoms with Gasteiger partial charge in [-0.2, -0.15) is 0 Å². The van der Waals surface area contributed by atoms with Crippen LogP contribution in [0.3, 0.4) is 0 Å². The summed E-state index contributed by atoms with van der Waals surface area (Å²) < 4.78 is 4.46. The molecular formula is C9H19NO3. The number of carbonyl (C=O) groups is 1. The Morgan fingerprint density at radius 3 is 2.38 bits per heavy atom. The molecule has 2 N–H and O–H groups in total. The molecule has 0 heterocycles. The molecule has 0 rings (SSSR count). The van der Waals surface area contributed by atoms with Crippen LogP contribution in [0.25, 0.3) is 0 Å². The van der Waals surface area contributed by atoms with Crippen LogP contribution in [0, 0.1) is 5.92 Å². The summed E-state index contributed by atoms with van der Waals surface area (Å²) in [6.45, 7) is 5.65. The number of nitrogens with one attached hydrogen (secondary N) is 1. The molecule has 13 heavy (non-hydrogen) atoms. The second-order valence-electron chi connectivity index (χ2n) is 3.29.